The number of nitrogens with one attached hydrogen (secondary N) is 1. The summed E-state index contributed by atoms with van der Waals surface area (Å²) in [5, 5.41) is 3.62. The second-order valence-corrected chi connectivity index (χ2v) is 4.78. The molecule has 96 valence electrons. The van der Waals surface area contributed by atoms with Crippen LogP contribution in [0.15, 0.2) is 0 Å². The first-order valence-electron chi connectivity index (χ1n) is 6.78. The Bertz CT molecular complexity index is 167. The molecule has 16 heavy (non-hydrogen) atoms. The van der Waals surface area contributed by atoms with E-state index in [0.29, 0.717) is 6.04 Å². The molecule has 0 saturated carbocycles. The molecule has 1 heterocycles. The smallest absolute Gasteiger partial charge is 0.0617 e. The van der Waals surface area contributed by atoms with Crippen molar-refractivity contribution in [3.05, 3.63) is 0 Å². The lowest BCUT2D eigenvalue weighted by Crippen LogP contribution is -2.48. The second kappa shape index (κ2) is 8.04. The minimum absolute atomic E-state index is 0.622. The van der Waals surface area contributed by atoms with E-state index in [1.165, 1.54) is 45.3 Å². The van der Waals surface area contributed by atoms with E-state index >= 15 is 0 Å². The van der Waals surface area contributed by atoms with E-state index in [0.717, 1.165) is 12.6 Å². The summed E-state index contributed by atoms with van der Waals surface area (Å²) in [7, 11) is 1.80. The van der Waals surface area contributed by atoms with Gasteiger partial charge in [-0.1, -0.05) is 13.8 Å². The predicted molar refractivity (Wildman–Crippen MR) is 68.8 cm³/mol. The Morgan fingerprint density at radius 3 is 2.50 bits per heavy atom. The van der Waals surface area contributed by atoms with E-state index in [9.17, 15) is 0 Å². The van der Waals surface area contributed by atoms with E-state index < -0.39 is 0 Å². The molecule has 3 heteroatoms. The van der Waals surface area contributed by atoms with Gasteiger partial charge >= 0.3 is 0 Å². The molecule has 1 fully saturated rings. The minimum atomic E-state index is 0.622. The summed E-state index contributed by atoms with van der Waals surface area (Å²) in [5.74, 6) is 0. The number of rotatable bonds is 7. The minimum Gasteiger partial charge on any atom is -0.383 e. The molecular formula is C13H28N2O. The van der Waals surface area contributed by atoms with Gasteiger partial charge in [-0.05, 0) is 32.2 Å². The molecule has 3 nitrogen and oxygen atoms in total. The largest absolute Gasteiger partial charge is 0.383 e. The van der Waals surface area contributed by atoms with Gasteiger partial charge in [-0.3, -0.25) is 4.90 Å². The van der Waals surface area contributed by atoms with Crippen molar-refractivity contribution in [2.45, 2.75) is 51.6 Å². The van der Waals surface area contributed by atoms with Gasteiger partial charge in [-0.15, -0.1) is 0 Å². The highest BCUT2D eigenvalue weighted by Gasteiger charge is 2.23. The highest BCUT2D eigenvalue weighted by Crippen LogP contribution is 2.15. The van der Waals surface area contributed by atoms with Crippen molar-refractivity contribution in [1.82, 2.24) is 10.2 Å². The van der Waals surface area contributed by atoms with Crippen LogP contribution in [0, 0.1) is 0 Å². The second-order valence-electron chi connectivity index (χ2n) is 4.78. The molecule has 0 aromatic carbocycles. The van der Waals surface area contributed by atoms with Crippen molar-refractivity contribution in [2.24, 2.45) is 0 Å². The molecule has 0 aromatic rings. The van der Waals surface area contributed by atoms with Gasteiger partial charge in [0.05, 0.1) is 6.61 Å². The zero-order chi connectivity index (χ0) is 11.8. The zero-order valence-electron chi connectivity index (χ0n) is 11.2. The molecule has 0 spiro atoms. The highest BCUT2D eigenvalue weighted by atomic mass is 16.5. The number of hydrogen-bond donors (Lipinski definition) is 1. The quantitative estimate of drug-likeness (QED) is 0.720. The average Bonchev–Trinajstić information content (AvgIpc) is 2.34. The van der Waals surface area contributed by atoms with Crippen LogP contribution < -0.4 is 5.32 Å². The van der Waals surface area contributed by atoms with Gasteiger partial charge in [0, 0.05) is 32.3 Å². The molecule has 0 amide bonds. The molecule has 1 saturated heterocycles. The molecule has 1 aliphatic rings. The van der Waals surface area contributed by atoms with Crippen LogP contribution in [0.1, 0.15) is 39.5 Å². The van der Waals surface area contributed by atoms with Crippen LogP contribution in [0.3, 0.4) is 0 Å². The van der Waals surface area contributed by atoms with Gasteiger partial charge in [0.2, 0.25) is 0 Å². The maximum Gasteiger partial charge on any atom is 0.0617 e. The summed E-state index contributed by atoms with van der Waals surface area (Å²) in [6.45, 7) is 8.98. The van der Waals surface area contributed by atoms with Gasteiger partial charge in [-0.2, -0.15) is 0 Å². The highest BCUT2D eigenvalue weighted by molar-refractivity contribution is 4.80. The van der Waals surface area contributed by atoms with Crippen molar-refractivity contribution in [3.8, 4) is 0 Å². The van der Waals surface area contributed by atoms with Crippen LogP contribution in [0.25, 0.3) is 0 Å². The lowest BCUT2D eigenvalue weighted by Gasteiger charge is -2.37. The maximum absolute atomic E-state index is 5.28. The number of hydrogen-bond acceptors (Lipinski definition) is 3. The van der Waals surface area contributed by atoms with E-state index in [-0.39, 0.29) is 0 Å². The lowest BCUT2D eigenvalue weighted by molar-refractivity contribution is 0.0678. The summed E-state index contributed by atoms with van der Waals surface area (Å²) < 4.78 is 5.28. The van der Waals surface area contributed by atoms with Crippen molar-refractivity contribution in [1.29, 1.82) is 0 Å². The van der Waals surface area contributed by atoms with Crippen molar-refractivity contribution >= 4 is 0 Å². The van der Waals surface area contributed by atoms with E-state index in [2.05, 4.69) is 24.1 Å². The molecule has 0 aliphatic carbocycles. The summed E-state index contributed by atoms with van der Waals surface area (Å²) in [6.07, 6.45) is 5.02. The Balaban J connectivity index is 2.24. The van der Waals surface area contributed by atoms with Crippen LogP contribution in [-0.4, -0.2) is 50.3 Å². The molecule has 1 atom stereocenters. The van der Waals surface area contributed by atoms with Crippen molar-refractivity contribution in [2.75, 3.05) is 33.4 Å². The maximum atomic E-state index is 5.28. The topological polar surface area (TPSA) is 24.5 Å². The summed E-state index contributed by atoms with van der Waals surface area (Å²) in [5.41, 5.74) is 0. The number of methoxy groups -OCH3 is 1. The summed E-state index contributed by atoms with van der Waals surface area (Å²) in [6, 6.07) is 1.37. The third-order valence-electron chi connectivity index (χ3n) is 3.56. The Morgan fingerprint density at radius 2 is 2.00 bits per heavy atom. The molecule has 0 radical (unpaired) electrons. The Hall–Kier alpha value is -0.120. The SMILES string of the molecule is CCCNC1CCN(C(CC)COC)CC1. The Kier molecular flexibility index (Phi) is 7.01. The average molecular weight is 228 g/mol. The third kappa shape index (κ3) is 4.40. The Labute approximate surface area is 101 Å². The van der Waals surface area contributed by atoms with Crippen molar-refractivity contribution in [3.63, 3.8) is 0 Å². The number of nitrogens with zero attached hydrogens (tertiary/aromatic N) is 1. The van der Waals surface area contributed by atoms with Gasteiger partial charge in [0.15, 0.2) is 0 Å². The Morgan fingerprint density at radius 1 is 1.31 bits per heavy atom. The molecule has 0 bridgehead atoms. The number of likely N-dealkylation sites (tertiary alicyclic amines) is 1. The van der Waals surface area contributed by atoms with Gasteiger partial charge in [-0.25, -0.2) is 0 Å². The summed E-state index contributed by atoms with van der Waals surface area (Å²) >= 11 is 0. The van der Waals surface area contributed by atoms with E-state index in [1.807, 2.05) is 0 Å². The van der Waals surface area contributed by atoms with Crippen LogP contribution in [-0.2, 0) is 4.74 Å². The molecule has 1 aliphatic heterocycles. The van der Waals surface area contributed by atoms with Crippen LogP contribution >= 0.6 is 0 Å². The van der Waals surface area contributed by atoms with Gasteiger partial charge in [0.1, 0.15) is 0 Å². The fourth-order valence-electron chi connectivity index (χ4n) is 2.49. The van der Waals surface area contributed by atoms with Crippen LogP contribution in [0.2, 0.25) is 0 Å². The zero-order valence-corrected chi connectivity index (χ0v) is 11.2. The molecule has 1 N–H and O–H groups in total. The molecule has 0 aromatic heterocycles. The van der Waals surface area contributed by atoms with Crippen LogP contribution in [0.4, 0.5) is 0 Å². The molecule has 1 rings (SSSR count). The fraction of sp³-hybridized carbons (Fsp3) is 1.00. The molecular weight excluding hydrogens is 200 g/mol. The fourth-order valence-corrected chi connectivity index (χ4v) is 2.49. The molecule has 1 unspecified atom stereocenters. The van der Waals surface area contributed by atoms with E-state index in [4.69, 9.17) is 4.74 Å². The standard InChI is InChI=1S/C13H28N2O/c1-4-8-14-12-6-9-15(10-7-12)13(5-2)11-16-3/h12-14H,4-11H2,1-3H3. The van der Waals surface area contributed by atoms with Gasteiger partial charge in [0.25, 0.3) is 0 Å². The monoisotopic (exact) mass is 228 g/mol. The van der Waals surface area contributed by atoms with Crippen molar-refractivity contribution < 1.29 is 4.74 Å². The normalized spacial score (nSPS) is 21.2. The summed E-state index contributed by atoms with van der Waals surface area (Å²) in [4.78, 5) is 2.59. The lowest BCUT2D eigenvalue weighted by atomic mass is 10.0. The van der Waals surface area contributed by atoms with Crippen LogP contribution in [0.5, 0.6) is 0 Å². The third-order valence-corrected chi connectivity index (χ3v) is 3.56. The number of piperidine rings is 1. The van der Waals surface area contributed by atoms with Gasteiger partial charge < -0.3 is 10.1 Å². The first kappa shape index (κ1) is 13.9. The van der Waals surface area contributed by atoms with E-state index in [1.54, 1.807) is 7.11 Å². The number of ether oxygens (including phenoxy) is 1. The first-order chi connectivity index (χ1) is 7.81. The predicted octanol–water partition coefficient (Wildman–Crippen LogP) is 1.88. The first-order valence-corrected chi connectivity index (χ1v) is 6.78.